The van der Waals surface area contributed by atoms with Crippen LogP contribution in [0.2, 0.25) is 6.04 Å². The van der Waals surface area contributed by atoms with Crippen LogP contribution < -0.4 is 11.1 Å². The Morgan fingerprint density at radius 1 is 0.967 bits per heavy atom. The normalized spacial score (nSPS) is 14.8. The Bertz CT molecular complexity index is 397. The van der Waals surface area contributed by atoms with E-state index in [0.29, 0.717) is 52.5 Å². The Morgan fingerprint density at radius 2 is 1.57 bits per heavy atom. The molecule has 2 unspecified atom stereocenters. The summed E-state index contributed by atoms with van der Waals surface area (Å²) in [6.45, 7) is 15.9. The zero-order chi connectivity index (χ0) is 22.9. The number of nitrogens with two attached hydrogens (primary N) is 1. The molecule has 10 heteroatoms. The lowest BCUT2D eigenvalue weighted by molar-refractivity contribution is -0.194. The molecule has 0 fully saturated rings. The highest BCUT2D eigenvalue weighted by Crippen LogP contribution is 2.21. The van der Waals surface area contributed by atoms with E-state index in [-0.39, 0.29) is 12.3 Å². The monoisotopic (exact) mass is 465 g/mol. The van der Waals surface area contributed by atoms with Gasteiger partial charge in [-0.1, -0.05) is 0 Å². The van der Waals surface area contributed by atoms with Gasteiger partial charge in [-0.05, 0) is 67.5 Å². The van der Waals surface area contributed by atoms with Gasteiger partial charge in [0.1, 0.15) is 21.9 Å². The van der Waals surface area contributed by atoms with Crippen molar-refractivity contribution in [2.24, 2.45) is 5.73 Å². The minimum absolute atomic E-state index is 0.0191. The first-order chi connectivity index (χ1) is 14.3. The predicted molar refractivity (Wildman–Crippen MR) is 122 cm³/mol. The first-order valence-corrected chi connectivity index (χ1v) is 13.8. The van der Waals surface area contributed by atoms with Crippen molar-refractivity contribution >= 4 is 19.0 Å². The Morgan fingerprint density at radius 3 is 2.03 bits per heavy atom. The minimum Gasteiger partial charge on any atom is -0.374 e. The molecular weight excluding hydrogens is 420 g/mol. The first kappa shape index (κ1) is 30.1. The average Bonchev–Trinajstić information content (AvgIpc) is 2.67. The van der Waals surface area contributed by atoms with Crippen LogP contribution in [0.25, 0.3) is 0 Å². The predicted octanol–water partition coefficient (Wildman–Crippen LogP) is 2.38. The summed E-state index contributed by atoms with van der Waals surface area (Å²) < 4.78 is 35.6. The highest BCUT2D eigenvalue weighted by Gasteiger charge is 2.41. The molecule has 30 heavy (non-hydrogen) atoms. The van der Waals surface area contributed by atoms with E-state index in [9.17, 15) is 0 Å². The number of rotatable bonds is 21. The molecule has 179 valence electrons. The Hall–Kier alpha value is 0.114. The van der Waals surface area contributed by atoms with Crippen LogP contribution in [0.5, 0.6) is 0 Å². The second kappa shape index (κ2) is 17.6. The maximum atomic E-state index is 6.34. The van der Waals surface area contributed by atoms with Crippen LogP contribution in [0.1, 0.15) is 60.8 Å². The topological polar surface area (TPSA) is 93.4 Å². The van der Waals surface area contributed by atoms with Crippen molar-refractivity contribution in [3.63, 3.8) is 0 Å². The highest BCUT2D eigenvalue weighted by molar-refractivity contribution is 6.60. The summed E-state index contributed by atoms with van der Waals surface area (Å²) in [6, 6.07) is 0.735. The zero-order valence-electron chi connectivity index (χ0n) is 20.0. The molecule has 0 spiro atoms. The summed E-state index contributed by atoms with van der Waals surface area (Å²) in [5.74, 6) is 0. The molecule has 8 nitrogen and oxygen atoms in total. The Kier molecular flexibility index (Phi) is 17.7. The number of hydrogen-bond acceptors (Lipinski definition) is 8. The summed E-state index contributed by atoms with van der Waals surface area (Å²) in [4.78, 5) is 0. The van der Waals surface area contributed by atoms with E-state index in [2.05, 4.69) is 22.5 Å². The van der Waals surface area contributed by atoms with Crippen molar-refractivity contribution in [2.75, 3.05) is 46.1 Å². The van der Waals surface area contributed by atoms with Crippen LogP contribution in [0.15, 0.2) is 0 Å². The second-order valence-electron chi connectivity index (χ2n) is 6.88. The molecular formula is C20H45N2O6Si2. The fourth-order valence-corrected chi connectivity index (χ4v) is 6.49. The van der Waals surface area contributed by atoms with Gasteiger partial charge < -0.3 is 33.2 Å². The van der Waals surface area contributed by atoms with E-state index in [4.69, 9.17) is 33.2 Å². The molecule has 3 radical (unpaired) electrons. The molecule has 2 atom stereocenters. The van der Waals surface area contributed by atoms with Gasteiger partial charge in [0.15, 0.2) is 0 Å². The van der Waals surface area contributed by atoms with E-state index in [1.54, 1.807) is 0 Å². The SMILES string of the molecule is CCOC(CC([Si])(OCC)OCC)NCCC(C)O[Si](CCCN)(OCC)OCC. The molecule has 0 saturated carbocycles. The quantitative estimate of drug-likeness (QED) is 0.197. The van der Waals surface area contributed by atoms with Gasteiger partial charge in [0.25, 0.3) is 0 Å². The highest BCUT2D eigenvalue weighted by atomic mass is 28.4. The van der Waals surface area contributed by atoms with E-state index in [1.807, 2.05) is 34.6 Å². The largest absolute Gasteiger partial charge is 0.501 e. The summed E-state index contributed by atoms with van der Waals surface area (Å²) in [5, 5.41) is 3.44. The Balaban J connectivity index is 4.79. The zero-order valence-corrected chi connectivity index (χ0v) is 22.0. The average molecular weight is 466 g/mol. The Labute approximate surface area is 188 Å². The maximum absolute atomic E-state index is 6.34. The van der Waals surface area contributed by atoms with Gasteiger partial charge in [-0.2, -0.15) is 0 Å². The lowest BCUT2D eigenvalue weighted by Crippen LogP contribution is -2.49. The molecule has 0 aliphatic carbocycles. The summed E-state index contributed by atoms with van der Waals surface area (Å²) in [6.07, 6.45) is 1.90. The second-order valence-corrected chi connectivity index (χ2v) is 10.3. The third-order valence-electron chi connectivity index (χ3n) is 4.30. The van der Waals surface area contributed by atoms with Crippen molar-refractivity contribution in [3.8, 4) is 0 Å². The van der Waals surface area contributed by atoms with Crippen molar-refractivity contribution in [2.45, 2.75) is 84.6 Å². The molecule has 3 N–H and O–H groups in total. The van der Waals surface area contributed by atoms with Gasteiger partial charge >= 0.3 is 8.80 Å². The maximum Gasteiger partial charge on any atom is 0.501 e. The van der Waals surface area contributed by atoms with E-state index in [1.165, 1.54) is 0 Å². The van der Waals surface area contributed by atoms with Gasteiger partial charge in [0.05, 0.1) is 0 Å². The standard InChI is InChI=1S/C20H45N2O6Si2/c1-7-23-19(17-20(29,24-8-2)25-9-3)22-15-13-18(6)28-30(26-10-4,27-11-5)16-12-14-21/h18-19,22H,7-17,21H2,1-6H3. The summed E-state index contributed by atoms with van der Waals surface area (Å²) in [7, 11) is 0.910. The van der Waals surface area contributed by atoms with E-state index < -0.39 is 14.2 Å². The van der Waals surface area contributed by atoms with Crippen LogP contribution in [0.4, 0.5) is 0 Å². The van der Waals surface area contributed by atoms with Crippen molar-refractivity contribution < 1.29 is 27.5 Å². The molecule has 0 heterocycles. The van der Waals surface area contributed by atoms with E-state index in [0.717, 1.165) is 18.9 Å². The lowest BCUT2D eigenvalue weighted by atomic mass is 10.2. The lowest BCUT2D eigenvalue weighted by Gasteiger charge is -2.34. The number of hydrogen-bond donors (Lipinski definition) is 2. The smallest absolute Gasteiger partial charge is 0.374 e. The fraction of sp³-hybridized carbons (Fsp3) is 1.00. The molecule has 0 aromatic rings. The molecule has 0 aromatic carbocycles. The van der Waals surface area contributed by atoms with Crippen molar-refractivity contribution in [3.05, 3.63) is 0 Å². The van der Waals surface area contributed by atoms with Gasteiger partial charge in [-0.25, -0.2) is 0 Å². The van der Waals surface area contributed by atoms with Gasteiger partial charge in [-0.15, -0.1) is 0 Å². The molecule has 0 aromatic heterocycles. The summed E-state index contributed by atoms with van der Waals surface area (Å²) >= 11 is 0. The molecule has 0 bridgehead atoms. The van der Waals surface area contributed by atoms with Crippen molar-refractivity contribution in [1.29, 1.82) is 0 Å². The van der Waals surface area contributed by atoms with Crippen LogP contribution in [-0.4, -0.2) is 82.9 Å². The van der Waals surface area contributed by atoms with Gasteiger partial charge in [0.2, 0.25) is 0 Å². The van der Waals surface area contributed by atoms with Crippen LogP contribution >= 0.6 is 0 Å². The molecule has 0 aliphatic heterocycles. The van der Waals surface area contributed by atoms with Crippen LogP contribution in [0.3, 0.4) is 0 Å². The van der Waals surface area contributed by atoms with Crippen molar-refractivity contribution in [1.82, 2.24) is 5.32 Å². The van der Waals surface area contributed by atoms with Crippen LogP contribution in [0, 0.1) is 0 Å². The fourth-order valence-electron chi connectivity index (χ4n) is 3.15. The number of nitrogens with one attached hydrogen (secondary N) is 1. The third-order valence-corrected chi connectivity index (χ3v) is 7.97. The van der Waals surface area contributed by atoms with Gasteiger partial charge in [0, 0.05) is 51.6 Å². The molecule has 0 saturated heterocycles. The minimum atomic E-state index is -2.72. The van der Waals surface area contributed by atoms with Gasteiger partial charge in [-0.3, -0.25) is 5.32 Å². The van der Waals surface area contributed by atoms with E-state index >= 15 is 0 Å². The first-order valence-electron chi connectivity index (χ1n) is 11.4. The molecule has 0 amide bonds. The third kappa shape index (κ3) is 12.8. The molecule has 0 rings (SSSR count). The summed E-state index contributed by atoms with van der Waals surface area (Å²) in [5.41, 5.74) is 4.83. The van der Waals surface area contributed by atoms with Crippen LogP contribution in [-0.2, 0) is 27.5 Å². The number of ether oxygens (including phenoxy) is 3. The molecule has 0 aliphatic rings.